The topological polar surface area (TPSA) is 12.9 Å². The summed E-state index contributed by atoms with van der Waals surface area (Å²) in [5.41, 5.74) is 0.296. The molecule has 0 N–H and O–H groups in total. The molecule has 0 unspecified atom stereocenters. The van der Waals surface area contributed by atoms with Crippen molar-refractivity contribution in [3.63, 3.8) is 0 Å². The summed E-state index contributed by atoms with van der Waals surface area (Å²) in [6, 6.07) is 1.15. The van der Waals surface area contributed by atoms with Crippen LogP contribution in [0.25, 0.3) is 0 Å². The first kappa shape index (κ1) is 10.5. The van der Waals surface area contributed by atoms with E-state index in [4.69, 9.17) is 0 Å². The Morgan fingerprint density at radius 3 is 2.47 bits per heavy atom. The van der Waals surface area contributed by atoms with Crippen molar-refractivity contribution in [3.8, 4) is 0 Å². The van der Waals surface area contributed by atoms with Gasteiger partial charge in [0.15, 0.2) is 0 Å². The van der Waals surface area contributed by atoms with E-state index in [9.17, 15) is 13.2 Å². The van der Waals surface area contributed by atoms with Gasteiger partial charge in [-0.2, -0.15) is 13.2 Å². The molecule has 1 aromatic heterocycles. The molecule has 0 atom stereocenters. The third kappa shape index (κ3) is 1.98. The average molecular weight is 215 g/mol. The van der Waals surface area contributed by atoms with Crippen LogP contribution < -0.4 is 0 Å². The van der Waals surface area contributed by atoms with Crippen molar-refractivity contribution >= 4 is 0 Å². The van der Waals surface area contributed by atoms with Crippen LogP contribution in [-0.4, -0.2) is 4.98 Å². The molecule has 0 amide bonds. The van der Waals surface area contributed by atoms with Crippen LogP contribution in [0.5, 0.6) is 0 Å². The molecule has 15 heavy (non-hydrogen) atoms. The maximum absolute atomic E-state index is 12.7. The predicted octanol–water partition coefficient (Wildman–Crippen LogP) is 3.68. The quantitative estimate of drug-likeness (QED) is 0.696. The van der Waals surface area contributed by atoms with Gasteiger partial charge in [0.2, 0.25) is 0 Å². The Morgan fingerprint density at radius 1 is 1.33 bits per heavy atom. The zero-order valence-electron chi connectivity index (χ0n) is 8.43. The number of hydrogen-bond acceptors (Lipinski definition) is 1. The molecular weight excluding hydrogens is 203 g/mol. The Bertz CT molecular complexity index is 367. The first-order valence-corrected chi connectivity index (χ1v) is 5.02. The van der Waals surface area contributed by atoms with E-state index in [0.717, 1.165) is 25.3 Å². The molecule has 0 radical (unpaired) electrons. The molecule has 1 aromatic rings. The van der Waals surface area contributed by atoms with Crippen molar-refractivity contribution in [2.75, 3.05) is 0 Å². The lowest BCUT2D eigenvalue weighted by atomic mass is 9.79. The van der Waals surface area contributed by atoms with Gasteiger partial charge in [0.1, 0.15) is 0 Å². The van der Waals surface area contributed by atoms with Crippen LogP contribution in [0.2, 0.25) is 0 Å². The Balaban J connectivity index is 2.44. The highest BCUT2D eigenvalue weighted by Gasteiger charge is 2.36. The monoisotopic (exact) mass is 215 g/mol. The van der Waals surface area contributed by atoms with Crippen LogP contribution in [0.1, 0.15) is 42.0 Å². The molecule has 1 aliphatic rings. The molecule has 0 spiro atoms. The Kier molecular flexibility index (Phi) is 2.44. The van der Waals surface area contributed by atoms with Gasteiger partial charge >= 0.3 is 6.18 Å². The van der Waals surface area contributed by atoms with Crippen molar-refractivity contribution in [2.45, 2.75) is 38.3 Å². The van der Waals surface area contributed by atoms with Gasteiger partial charge in [-0.15, -0.1) is 0 Å². The first-order valence-electron chi connectivity index (χ1n) is 5.02. The van der Waals surface area contributed by atoms with Crippen molar-refractivity contribution in [1.82, 2.24) is 4.98 Å². The van der Waals surface area contributed by atoms with Crippen molar-refractivity contribution in [1.29, 1.82) is 0 Å². The molecule has 1 heterocycles. The van der Waals surface area contributed by atoms with Crippen LogP contribution in [0.15, 0.2) is 12.3 Å². The van der Waals surface area contributed by atoms with Crippen LogP contribution >= 0.6 is 0 Å². The molecule has 0 saturated heterocycles. The summed E-state index contributed by atoms with van der Waals surface area (Å²) < 4.78 is 38.2. The smallest absolute Gasteiger partial charge is 0.261 e. The van der Waals surface area contributed by atoms with E-state index in [1.54, 1.807) is 6.92 Å². The van der Waals surface area contributed by atoms with Gasteiger partial charge in [0.25, 0.3) is 0 Å². The number of aromatic nitrogens is 1. The minimum Gasteiger partial charge on any atom is -0.261 e. The number of alkyl halides is 3. The molecule has 1 nitrogen and oxygen atoms in total. The zero-order chi connectivity index (χ0) is 11.1. The van der Waals surface area contributed by atoms with Crippen molar-refractivity contribution < 1.29 is 13.2 Å². The number of nitrogens with zero attached hydrogens (tertiary/aromatic N) is 1. The lowest BCUT2D eigenvalue weighted by Gasteiger charge is -2.28. The molecule has 0 bridgehead atoms. The van der Waals surface area contributed by atoms with Gasteiger partial charge in [-0.05, 0) is 37.3 Å². The van der Waals surface area contributed by atoms with Gasteiger partial charge in [-0.3, -0.25) is 4.98 Å². The van der Waals surface area contributed by atoms with Crippen LogP contribution in [-0.2, 0) is 6.18 Å². The summed E-state index contributed by atoms with van der Waals surface area (Å²) in [5.74, 6) is 0.0646. The molecule has 1 aliphatic carbocycles. The van der Waals surface area contributed by atoms with E-state index >= 15 is 0 Å². The molecule has 0 aliphatic heterocycles. The first-order chi connectivity index (χ1) is 6.98. The summed E-state index contributed by atoms with van der Waals surface area (Å²) in [4.78, 5) is 3.96. The normalized spacial score (nSPS) is 17.6. The summed E-state index contributed by atoms with van der Waals surface area (Å²) >= 11 is 0. The van der Waals surface area contributed by atoms with E-state index in [2.05, 4.69) is 4.98 Å². The fraction of sp³-hybridized carbons (Fsp3) is 0.545. The fourth-order valence-corrected chi connectivity index (χ4v) is 1.86. The van der Waals surface area contributed by atoms with E-state index in [0.29, 0.717) is 11.3 Å². The molecule has 0 aromatic carbocycles. The SMILES string of the molecule is Cc1cc(C(F)(F)F)c(C2CCC2)cn1. The number of rotatable bonds is 1. The average Bonchev–Trinajstić information content (AvgIpc) is 2.03. The van der Waals surface area contributed by atoms with Gasteiger partial charge < -0.3 is 0 Å². The highest BCUT2D eigenvalue weighted by Crippen LogP contribution is 2.42. The largest absolute Gasteiger partial charge is 0.416 e. The molecular formula is C11H12F3N. The second-order valence-corrected chi connectivity index (χ2v) is 4.04. The second-order valence-electron chi connectivity index (χ2n) is 4.04. The minimum absolute atomic E-state index is 0.0646. The molecule has 2 rings (SSSR count). The maximum atomic E-state index is 12.7. The fourth-order valence-electron chi connectivity index (χ4n) is 1.86. The standard InChI is InChI=1S/C11H12F3N/c1-7-5-10(11(12,13)14)9(6-15-7)8-3-2-4-8/h5-6,8H,2-4H2,1H3. The Hall–Kier alpha value is -1.06. The summed E-state index contributed by atoms with van der Waals surface area (Å²) in [6.45, 7) is 1.58. The second kappa shape index (κ2) is 3.51. The third-order valence-corrected chi connectivity index (χ3v) is 2.92. The summed E-state index contributed by atoms with van der Waals surface area (Å²) in [7, 11) is 0. The summed E-state index contributed by atoms with van der Waals surface area (Å²) in [6.07, 6.45) is -0.127. The van der Waals surface area contributed by atoms with Gasteiger partial charge in [0.05, 0.1) is 5.56 Å². The van der Waals surface area contributed by atoms with E-state index in [1.165, 1.54) is 6.20 Å². The zero-order valence-corrected chi connectivity index (χ0v) is 8.43. The summed E-state index contributed by atoms with van der Waals surface area (Å²) in [5, 5.41) is 0. The number of hydrogen-bond donors (Lipinski definition) is 0. The van der Waals surface area contributed by atoms with Crippen LogP contribution in [0, 0.1) is 6.92 Å². The highest BCUT2D eigenvalue weighted by atomic mass is 19.4. The predicted molar refractivity (Wildman–Crippen MR) is 50.6 cm³/mol. The third-order valence-electron chi connectivity index (χ3n) is 2.92. The Labute approximate surface area is 86.3 Å². The Morgan fingerprint density at radius 2 is 2.00 bits per heavy atom. The van der Waals surface area contributed by atoms with E-state index < -0.39 is 11.7 Å². The lowest BCUT2D eigenvalue weighted by Crippen LogP contribution is -2.17. The van der Waals surface area contributed by atoms with Gasteiger partial charge in [-0.25, -0.2) is 0 Å². The number of pyridine rings is 1. The van der Waals surface area contributed by atoms with Gasteiger partial charge in [-0.1, -0.05) is 6.42 Å². The van der Waals surface area contributed by atoms with Crippen LogP contribution in [0.3, 0.4) is 0 Å². The molecule has 1 saturated carbocycles. The lowest BCUT2D eigenvalue weighted by molar-refractivity contribution is -0.138. The maximum Gasteiger partial charge on any atom is 0.416 e. The highest BCUT2D eigenvalue weighted by molar-refractivity contribution is 5.33. The number of halogens is 3. The van der Waals surface area contributed by atoms with Crippen molar-refractivity contribution in [2.24, 2.45) is 0 Å². The van der Waals surface area contributed by atoms with Gasteiger partial charge in [0, 0.05) is 11.9 Å². The van der Waals surface area contributed by atoms with E-state index in [-0.39, 0.29) is 5.92 Å². The minimum atomic E-state index is -4.25. The molecule has 4 heteroatoms. The van der Waals surface area contributed by atoms with Crippen LogP contribution in [0.4, 0.5) is 13.2 Å². The number of aryl methyl sites for hydroxylation is 1. The van der Waals surface area contributed by atoms with E-state index in [1.807, 2.05) is 0 Å². The molecule has 1 fully saturated rings. The molecule has 82 valence electrons. The van der Waals surface area contributed by atoms with Crippen molar-refractivity contribution in [3.05, 3.63) is 29.1 Å².